The van der Waals surface area contributed by atoms with E-state index in [0.717, 1.165) is 27.9 Å². The van der Waals surface area contributed by atoms with Gasteiger partial charge in [-0.15, -0.1) is 0 Å². The maximum absolute atomic E-state index is 6.39. The van der Waals surface area contributed by atoms with Gasteiger partial charge in [0, 0.05) is 11.3 Å². The summed E-state index contributed by atoms with van der Waals surface area (Å²) in [6.07, 6.45) is 1.80. The summed E-state index contributed by atoms with van der Waals surface area (Å²) in [5.74, 6) is 0. The van der Waals surface area contributed by atoms with E-state index in [0.29, 0.717) is 0 Å². The maximum Gasteiger partial charge on any atom is 0.0473 e. The van der Waals surface area contributed by atoms with Crippen LogP contribution in [0.5, 0.6) is 0 Å². The Bertz CT molecular complexity index is 759. The summed E-state index contributed by atoms with van der Waals surface area (Å²) in [7, 11) is 0. The fourth-order valence-electron chi connectivity index (χ4n) is 2.59. The summed E-state index contributed by atoms with van der Waals surface area (Å²) in [6.45, 7) is 3.85. The number of anilines is 1. The van der Waals surface area contributed by atoms with Crippen LogP contribution in [0.2, 0.25) is 0 Å². The van der Waals surface area contributed by atoms with Gasteiger partial charge in [0.1, 0.15) is 0 Å². The highest BCUT2D eigenvalue weighted by molar-refractivity contribution is 5.94. The first-order valence-corrected chi connectivity index (χ1v) is 6.97. The average molecular weight is 271 g/mol. The van der Waals surface area contributed by atoms with Crippen molar-refractivity contribution >= 4 is 11.8 Å². The minimum absolute atomic E-state index is 0.776. The molecule has 3 aromatic rings. The van der Waals surface area contributed by atoms with Crippen molar-refractivity contribution in [1.29, 1.82) is 0 Å². The van der Waals surface area contributed by atoms with Crippen molar-refractivity contribution in [1.82, 2.24) is 0 Å². The van der Waals surface area contributed by atoms with Gasteiger partial charge in [-0.2, -0.15) is 0 Å². The van der Waals surface area contributed by atoms with Gasteiger partial charge in [-0.05, 0) is 22.3 Å². The van der Waals surface area contributed by atoms with Crippen LogP contribution in [-0.4, -0.2) is 0 Å². The largest absolute Gasteiger partial charge is 0.398 e. The lowest BCUT2D eigenvalue weighted by Gasteiger charge is -2.15. The third-order valence-corrected chi connectivity index (χ3v) is 3.65. The predicted molar refractivity (Wildman–Crippen MR) is 91.8 cm³/mol. The topological polar surface area (TPSA) is 26.0 Å². The van der Waals surface area contributed by atoms with Crippen LogP contribution >= 0.6 is 0 Å². The van der Waals surface area contributed by atoms with Crippen LogP contribution in [0.3, 0.4) is 0 Å². The van der Waals surface area contributed by atoms with E-state index in [1.165, 1.54) is 5.56 Å². The van der Waals surface area contributed by atoms with Crippen molar-refractivity contribution in [2.45, 2.75) is 0 Å². The predicted octanol–water partition coefficient (Wildman–Crippen LogP) is 5.25. The van der Waals surface area contributed by atoms with E-state index in [2.05, 4.69) is 36.9 Å². The molecule has 0 aliphatic rings. The fraction of sp³-hybridized carbons (Fsp3) is 0. The summed E-state index contributed by atoms with van der Waals surface area (Å²) < 4.78 is 0. The normalized spacial score (nSPS) is 10.3. The Morgan fingerprint density at radius 1 is 0.714 bits per heavy atom. The first-order chi connectivity index (χ1) is 10.3. The van der Waals surface area contributed by atoms with Crippen molar-refractivity contribution in [3.8, 4) is 22.3 Å². The summed E-state index contributed by atoms with van der Waals surface area (Å²) in [6, 6.07) is 24.7. The van der Waals surface area contributed by atoms with E-state index in [1.807, 2.05) is 42.5 Å². The lowest BCUT2D eigenvalue weighted by Crippen LogP contribution is -1.96. The number of benzene rings is 3. The van der Waals surface area contributed by atoms with Crippen molar-refractivity contribution in [3.63, 3.8) is 0 Å². The molecule has 0 aliphatic carbocycles. The number of nitrogen functional groups attached to an aromatic ring is 1. The Balaban J connectivity index is 2.31. The van der Waals surface area contributed by atoms with E-state index in [9.17, 15) is 0 Å². The van der Waals surface area contributed by atoms with Gasteiger partial charge >= 0.3 is 0 Å². The second kappa shape index (κ2) is 5.68. The molecule has 102 valence electrons. The van der Waals surface area contributed by atoms with E-state index >= 15 is 0 Å². The Kier molecular flexibility index (Phi) is 3.57. The molecule has 0 fully saturated rings. The van der Waals surface area contributed by atoms with E-state index in [-0.39, 0.29) is 0 Å². The number of nitrogens with two attached hydrogens (primary N) is 1. The van der Waals surface area contributed by atoms with Gasteiger partial charge in [-0.1, -0.05) is 85.5 Å². The maximum atomic E-state index is 6.39. The molecular weight excluding hydrogens is 254 g/mol. The molecule has 3 aromatic carbocycles. The molecule has 0 amide bonds. The van der Waals surface area contributed by atoms with Crippen molar-refractivity contribution < 1.29 is 0 Å². The molecule has 0 unspecified atom stereocenters. The lowest BCUT2D eigenvalue weighted by molar-refractivity contribution is 1.56. The van der Waals surface area contributed by atoms with Crippen LogP contribution in [0.4, 0.5) is 5.69 Å². The first kappa shape index (κ1) is 13.2. The summed E-state index contributed by atoms with van der Waals surface area (Å²) in [4.78, 5) is 0. The third-order valence-electron chi connectivity index (χ3n) is 3.65. The molecule has 1 nitrogen and oxygen atoms in total. The second-order valence-electron chi connectivity index (χ2n) is 4.93. The van der Waals surface area contributed by atoms with Crippen LogP contribution in [0.25, 0.3) is 28.3 Å². The summed E-state index contributed by atoms with van der Waals surface area (Å²) >= 11 is 0. The van der Waals surface area contributed by atoms with Crippen LogP contribution in [-0.2, 0) is 0 Å². The SMILES string of the molecule is C=Cc1ccc(-c2ccccc2)c(-c2ccccc2)c1N. The molecular formula is C20H17N. The number of rotatable bonds is 3. The summed E-state index contributed by atoms with van der Waals surface area (Å²) in [5, 5.41) is 0. The Morgan fingerprint density at radius 2 is 1.29 bits per heavy atom. The van der Waals surface area contributed by atoms with Crippen molar-refractivity contribution in [3.05, 3.63) is 84.9 Å². The molecule has 1 heteroatoms. The molecule has 0 aliphatic heterocycles. The van der Waals surface area contributed by atoms with Crippen LogP contribution < -0.4 is 5.73 Å². The molecule has 0 saturated heterocycles. The standard InChI is InChI=1S/C20H17N/c1-2-15-13-14-18(16-9-5-3-6-10-16)19(20(15)21)17-11-7-4-8-12-17/h2-14H,1,21H2. The molecule has 0 aromatic heterocycles. The zero-order chi connectivity index (χ0) is 14.7. The zero-order valence-corrected chi connectivity index (χ0v) is 11.8. The van der Waals surface area contributed by atoms with Gasteiger partial charge in [-0.3, -0.25) is 0 Å². The monoisotopic (exact) mass is 271 g/mol. The lowest BCUT2D eigenvalue weighted by atomic mass is 9.91. The zero-order valence-electron chi connectivity index (χ0n) is 11.8. The third kappa shape index (κ3) is 2.46. The molecule has 2 N–H and O–H groups in total. The Hall–Kier alpha value is -2.80. The summed E-state index contributed by atoms with van der Waals surface area (Å²) in [5.41, 5.74) is 12.6. The van der Waals surface area contributed by atoms with Crippen LogP contribution in [0.1, 0.15) is 5.56 Å². The van der Waals surface area contributed by atoms with Gasteiger partial charge in [0.15, 0.2) is 0 Å². The molecule has 0 bridgehead atoms. The molecule has 0 atom stereocenters. The smallest absolute Gasteiger partial charge is 0.0473 e. The van der Waals surface area contributed by atoms with Gasteiger partial charge < -0.3 is 5.73 Å². The van der Waals surface area contributed by atoms with Gasteiger partial charge in [0.2, 0.25) is 0 Å². The minimum atomic E-state index is 0.776. The molecule has 3 rings (SSSR count). The Labute approximate surface area is 125 Å². The quantitative estimate of drug-likeness (QED) is 0.647. The highest BCUT2D eigenvalue weighted by Crippen LogP contribution is 2.38. The second-order valence-corrected chi connectivity index (χ2v) is 4.93. The molecule has 0 spiro atoms. The molecule has 0 heterocycles. The van der Waals surface area contributed by atoms with Gasteiger partial charge in [-0.25, -0.2) is 0 Å². The van der Waals surface area contributed by atoms with Crippen LogP contribution in [0, 0.1) is 0 Å². The first-order valence-electron chi connectivity index (χ1n) is 6.97. The van der Waals surface area contributed by atoms with Crippen molar-refractivity contribution in [2.24, 2.45) is 0 Å². The van der Waals surface area contributed by atoms with Gasteiger partial charge in [0.25, 0.3) is 0 Å². The fourth-order valence-corrected chi connectivity index (χ4v) is 2.59. The molecule has 0 radical (unpaired) electrons. The molecule has 0 saturated carbocycles. The van der Waals surface area contributed by atoms with E-state index < -0.39 is 0 Å². The van der Waals surface area contributed by atoms with Crippen molar-refractivity contribution in [2.75, 3.05) is 5.73 Å². The molecule has 21 heavy (non-hydrogen) atoms. The van der Waals surface area contributed by atoms with E-state index in [4.69, 9.17) is 5.73 Å². The van der Waals surface area contributed by atoms with Gasteiger partial charge in [0.05, 0.1) is 0 Å². The number of hydrogen-bond acceptors (Lipinski definition) is 1. The number of hydrogen-bond donors (Lipinski definition) is 1. The highest BCUT2D eigenvalue weighted by atomic mass is 14.6. The highest BCUT2D eigenvalue weighted by Gasteiger charge is 2.12. The van der Waals surface area contributed by atoms with E-state index in [1.54, 1.807) is 6.08 Å². The average Bonchev–Trinajstić information content (AvgIpc) is 2.56. The minimum Gasteiger partial charge on any atom is -0.398 e. The van der Waals surface area contributed by atoms with Crippen LogP contribution in [0.15, 0.2) is 79.4 Å². The Morgan fingerprint density at radius 3 is 1.86 bits per heavy atom.